The molecule has 6 nitrogen and oxygen atoms in total. The van der Waals surface area contributed by atoms with Crippen molar-refractivity contribution in [2.24, 2.45) is 5.84 Å². The van der Waals surface area contributed by atoms with E-state index in [4.69, 9.17) is 10.9 Å². The molecule has 0 fully saturated rings. The van der Waals surface area contributed by atoms with Gasteiger partial charge >= 0.3 is 0 Å². The highest BCUT2D eigenvalue weighted by Gasteiger charge is 2.16. The van der Waals surface area contributed by atoms with Crippen molar-refractivity contribution >= 4 is 11.8 Å². The first-order chi connectivity index (χ1) is 8.08. The Labute approximate surface area is 97.4 Å². The zero-order valence-corrected chi connectivity index (χ0v) is 9.40. The Kier molecular flexibility index (Phi) is 4.98. The van der Waals surface area contributed by atoms with Crippen LogP contribution in [0.1, 0.15) is 5.56 Å². The lowest BCUT2D eigenvalue weighted by atomic mass is 10.3. The van der Waals surface area contributed by atoms with Crippen LogP contribution in [0, 0.1) is 6.92 Å². The standard InChI is InChI=1S/C9H15F2N5O/c1-6-4-13-9(15-12)14-8(6)16(2-3-17)5-7(10)11/h4,7,17H,2-3,5,12H2,1H3,(H,13,14,15). The molecule has 17 heavy (non-hydrogen) atoms. The van der Waals surface area contributed by atoms with Crippen LogP contribution in [0.25, 0.3) is 0 Å². The topological polar surface area (TPSA) is 87.3 Å². The first-order valence-corrected chi connectivity index (χ1v) is 5.02. The van der Waals surface area contributed by atoms with E-state index in [9.17, 15) is 8.78 Å². The number of alkyl halides is 2. The normalized spacial score (nSPS) is 10.7. The highest BCUT2D eigenvalue weighted by molar-refractivity contribution is 5.48. The number of rotatable bonds is 6. The molecule has 0 spiro atoms. The zero-order chi connectivity index (χ0) is 12.8. The van der Waals surface area contributed by atoms with E-state index in [-0.39, 0.29) is 19.1 Å². The largest absolute Gasteiger partial charge is 0.395 e. The number of halogens is 2. The third-order valence-corrected chi connectivity index (χ3v) is 2.10. The lowest BCUT2D eigenvalue weighted by Crippen LogP contribution is -2.33. The summed E-state index contributed by atoms with van der Waals surface area (Å²) in [5.74, 6) is 5.63. The third kappa shape index (κ3) is 3.75. The smallest absolute Gasteiger partial charge is 0.255 e. The van der Waals surface area contributed by atoms with Crippen molar-refractivity contribution < 1.29 is 13.9 Å². The van der Waals surface area contributed by atoms with Crippen LogP contribution < -0.4 is 16.2 Å². The van der Waals surface area contributed by atoms with Crippen LogP contribution >= 0.6 is 0 Å². The van der Waals surface area contributed by atoms with E-state index in [2.05, 4.69) is 15.4 Å². The highest BCUT2D eigenvalue weighted by atomic mass is 19.3. The molecule has 0 saturated heterocycles. The Morgan fingerprint density at radius 3 is 2.82 bits per heavy atom. The molecule has 0 saturated carbocycles. The number of nitrogens with zero attached hydrogens (tertiary/aromatic N) is 3. The molecule has 96 valence electrons. The molecule has 0 aliphatic rings. The van der Waals surface area contributed by atoms with Crippen LogP contribution in [0.15, 0.2) is 6.20 Å². The molecule has 0 aliphatic heterocycles. The van der Waals surface area contributed by atoms with Crippen molar-refractivity contribution in [1.29, 1.82) is 0 Å². The molecule has 0 bridgehead atoms. The van der Waals surface area contributed by atoms with Gasteiger partial charge in [0.1, 0.15) is 5.82 Å². The number of hydrogen-bond acceptors (Lipinski definition) is 6. The Morgan fingerprint density at radius 2 is 2.29 bits per heavy atom. The maximum atomic E-state index is 12.4. The van der Waals surface area contributed by atoms with Crippen LogP contribution in [0.5, 0.6) is 0 Å². The number of nitrogen functional groups attached to an aromatic ring is 1. The molecular formula is C9H15F2N5O. The average molecular weight is 247 g/mol. The molecule has 1 heterocycles. The minimum Gasteiger partial charge on any atom is -0.395 e. The van der Waals surface area contributed by atoms with Crippen LogP contribution in [0.4, 0.5) is 20.5 Å². The van der Waals surface area contributed by atoms with E-state index in [0.717, 1.165) is 0 Å². The molecule has 8 heteroatoms. The van der Waals surface area contributed by atoms with Gasteiger partial charge in [0.2, 0.25) is 5.95 Å². The molecule has 0 unspecified atom stereocenters. The summed E-state index contributed by atoms with van der Waals surface area (Å²) in [5, 5.41) is 8.86. The van der Waals surface area contributed by atoms with Crippen LogP contribution in [0.2, 0.25) is 0 Å². The van der Waals surface area contributed by atoms with Crippen LogP contribution in [0.3, 0.4) is 0 Å². The van der Waals surface area contributed by atoms with E-state index in [1.165, 1.54) is 11.1 Å². The second-order valence-electron chi connectivity index (χ2n) is 3.41. The van der Waals surface area contributed by atoms with E-state index < -0.39 is 13.0 Å². The fraction of sp³-hybridized carbons (Fsp3) is 0.556. The lowest BCUT2D eigenvalue weighted by Gasteiger charge is -2.24. The predicted octanol–water partition coefficient (Wildman–Crippen LogP) is 0.134. The minimum atomic E-state index is -2.51. The molecule has 4 N–H and O–H groups in total. The van der Waals surface area contributed by atoms with Crippen molar-refractivity contribution in [1.82, 2.24) is 9.97 Å². The highest BCUT2D eigenvalue weighted by Crippen LogP contribution is 2.18. The molecule has 0 radical (unpaired) electrons. The average Bonchev–Trinajstić information content (AvgIpc) is 2.28. The number of aryl methyl sites for hydroxylation is 1. The minimum absolute atomic E-state index is 0.0756. The number of nitrogens with one attached hydrogen (secondary N) is 1. The first-order valence-electron chi connectivity index (χ1n) is 5.02. The molecular weight excluding hydrogens is 232 g/mol. The molecule has 0 amide bonds. The van der Waals surface area contributed by atoms with Gasteiger partial charge in [0.15, 0.2) is 0 Å². The van der Waals surface area contributed by atoms with Crippen molar-refractivity contribution in [3.8, 4) is 0 Å². The Bertz CT molecular complexity index is 363. The van der Waals surface area contributed by atoms with Crippen molar-refractivity contribution in [3.63, 3.8) is 0 Å². The fourth-order valence-electron chi connectivity index (χ4n) is 1.39. The Hall–Kier alpha value is -1.54. The second kappa shape index (κ2) is 6.26. The summed E-state index contributed by atoms with van der Waals surface area (Å²) in [4.78, 5) is 9.15. The number of aromatic nitrogens is 2. The van der Waals surface area contributed by atoms with Crippen LogP contribution in [-0.2, 0) is 0 Å². The van der Waals surface area contributed by atoms with Gasteiger partial charge in [-0.1, -0.05) is 0 Å². The SMILES string of the molecule is Cc1cnc(NN)nc1N(CCO)CC(F)F. The number of aliphatic hydroxyl groups is 1. The first kappa shape index (κ1) is 13.5. The number of aliphatic hydroxyl groups excluding tert-OH is 1. The maximum Gasteiger partial charge on any atom is 0.255 e. The molecule has 0 aromatic carbocycles. The van der Waals surface area contributed by atoms with E-state index in [1.807, 2.05) is 0 Å². The van der Waals surface area contributed by atoms with Gasteiger partial charge in [-0.15, -0.1) is 0 Å². The second-order valence-corrected chi connectivity index (χ2v) is 3.41. The summed E-state index contributed by atoms with van der Waals surface area (Å²) in [6.45, 7) is 1.04. The molecule has 1 aromatic heterocycles. The third-order valence-electron chi connectivity index (χ3n) is 2.10. The van der Waals surface area contributed by atoms with E-state index in [1.54, 1.807) is 6.92 Å². The number of anilines is 2. The van der Waals surface area contributed by atoms with Gasteiger partial charge in [0.05, 0.1) is 13.2 Å². The van der Waals surface area contributed by atoms with E-state index in [0.29, 0.717) is 11.4 Å². The summed E-state index contributed by atoms with van der Waals surface area (Å²) in [6.07, 6.45) is -1.03. The van der Waals surface area contributed by atoms with Gasteiger partial charge in [-0.2, -0.15) is 4.98 Å². The monoisotopic (exact) mass is 247 g/mol. The molecule has 1 aromatic rings. The van der Waals surface area contributed by atoms with E-state index >= 15 is 0 Å². The summed E-state index contributed by atoms with van der Waals surface area (Å²) >= 11 is 0. The van der Waals surface area contributed by atoms with Gasteiger partial charge in [0, 0.05) is 18.3 Å². The summed E-state index contributed by atoms with van der Waals surface area (Å²) < 4.78 is 24.8. The van der Waals surface area contributed by atoms with Crippen molar-refractivity contribution in [2.45, 2.75) is 13.3 Å². The summed E-state index contributed by atoms with van der Waals surface area (Å²) in [7, 11) is 0. The molecule has 0 aliphatic carbocycles. The molecule has 1 rings (SSSR count). The Morgan fingerprint density at radius 1 is 1.59 bits per heavy atom. The van der Waals surface area contributed by atoms with Gasteiger partial charge in [-0.3, -0.25) is 5.43 Å². The molecule has 0 atom stereocenters. The van der Waals surface area contributed by atoms with Gasteiger partial charge in [-0.25, -0.2) is 19.6 Å². The Balaban J connectivity index is 2.98. The summed E-state index contributed by atoms with van der Waals surface area (Å²) in [5.41, 5.74) is 2.88. The van der Waals surface area contributed by atoms with Gasteiger partial charge in [0.25, 0.3) is 6.43 Å². The summed E-state index contributed by atoms with van der Waals surface area (Å²) in [6, 6.07) is 0. The van der Waals surface area contributed by atoms with Gasteiger partial charge in [-0.05, 0) is 6.92 Å². The van der Waals surface area contributed by atoms with Crippen LogP contribution in [-0.4, -0.2) is 41.2 Å². The zero-order valence-electron chi connectivity index (χ0n) is 9.40. The van der Waals surface area contributed by atoms with Crippen molar-refractivity contribution in [2.75, 3.05) is 30.0 Å². The number of nitrogens with two attached hydrogens (primary N) is 1. The van der Waals surface area contributed by atoms with Gasteiger partial charge < -0.3 is 10.0 Å². The predicted molar refractivity (Wildman–Crippen MR) is 59.9 cm³/mol. The van der Waals surface area contributed by atoms with Crippen molar-refractivity contribution in [3.05, 3.63) is 11.8 Å². The number of hydrogen-bond donors (Lipinski definition) is 3. The lowest BCUT2D eigenvalue weighted by molar-refractivity contribution is 0.152. The number of hydrazine groups is 1. The fourth-order valence-corrected chi connectivity index (χ4v) is 1.39. The maximum absolute atomic E-state index is 12.4. The quantitative estimate of drug-likeness (QED) is 0.489.